The molecule has 5 nitrogen and oxygen atoms in total. The third-order valence-corrected chi connectivity index (χ3v) is 3.62. The van der Waals surface area contributed by atoms with Crippen molar-refractivity contribution in [3.05, 3.63) is 12.7 Å². The second kappa shape index (κ2) is 2.85. The highest BCUT2D eigenvalue weighted by Crippen LogP contribution is 2.53. The Kier molecular flexibility index (Phi) is 1.75. The summed E-state index contributed by atoms with van der Waals surface area (Å²) in [5.74, 6) is -0.938. The lowest BCUT2D eigenvalue weighted by atomic mass is 9.80. The Morgan fingerprint density at radius 2 is 2.38 bits per heavy atom. The van der Waals surface area contributed by atoms with Gasteiger partial charge in [-0.1, -0.05) is 6.58 Å². The van der Waals surface area contributed by atoms with Gasteiger partial charge in [-0.25, -0.2) is 4.79 Å². The summed E-state index contributed by atoms with van der Waals surface area (Å²) in [7, 11) is 0. The van der Waals surface area contributed by atoms with E-state index in [0.717, 1.165) is 6.08 Å². The Morgan fingerprint density at radius 1 is 1.62 bits per heavy atom. The molecule has 2 bridgehead atoms. The Morgan fingerprint density at radius 3 is 3.06 bits per heavy atom. The topological polar surface area (TPSA) is 61.8 Å². The Bertz CT molecular complexity index is 390. The molecule has 0 aliphatic carbocycles. The van der Waals surface area contributed by atoms with Crippen molar-refractivity contribution in [1.29, 1.82) is 0 Å². The molecular weight excluding hydrogens is 212 g/mol. The summed E-state index contributed by atoms with van der Waals surface area (Å²) in [6.45, 7) is 5.19. The molecule has 0 N–H and O–H groups in total. The Hall–Kier alpha value is -1.36. The van der Waals surface area contributed by atoms with Crippen LogP contribution in [0.25, 0.3) is 0 Å². The van der Waals surface area contributed by atoms with Crippen molar-refractivity contribution >= 4 is 11.9 Å². The quantitative estimate of drug-likeness (QED) is 0.495. The van der Waals surface area contributed by atoms with Gasteiger partial charge in [-0.3, -0.25) is 4.79 Å². The zero-order chi connectivity index (χ0) is 11.5. The van der Waals surface area contributed by atoms with Gasteiger partial charge in [0, 0.05) is 6.08 Å². The van der Waals surface area contributed by atoms with Gasteiger partial charge in [-0.15, -0.1) is 0 Å². The highest BCUT2D eigenvalue weighted by atomic mass is 16.7. The van der Waals surface area contributed by atoms with Gasteiger partial charge >= 0.3 is 11.9 Å². The van der Waals surface area contributed by atoms with Crippen molar-refractivity contribution in [2.75, 3.05) is 0 Å². The fraction of sp³-hybridized carbons (Fsp3) is 0.636. The van der Waals surface area contributed by atoms with Crippen LogP contribution in [0.1, 0.15) is 13.3 Å². The Labute approximate surface area is 92.3 Å². The number of esters is 2. The maximum atomic E-state index is 11.5. The van der Waals surface area contributed by atoms with E-state index in [1.165, 1.54) is 0 Å². The van der Waals surface area contributed by atoms with E-state index < -0.39 is 23.8 Å². The fourth-order valence-electron chi connectivity index (χ4n) is 2.93. The van der Waals surface area contributed by atoms with Crippen LogP contribution in [0, 0.1) is 5.92 Å². The zero-order valence-electron chi connectivity index (χ0n) is 8.84. The van der Waals surface area contributed by atoms with Gasteiger partial charge in [-0.2, -0.15) is 0 Å². The standard InChI is InChI=1S/C11H12O5/c1-3-6(12)14-9-8-7-5(10(13)15-8)4-11(9,2)16-7/h3,5,7-9H,1,4H2,2H3. The van der Waals surface area contributed by atoms with Crippen LogP contribution in [0.5, 0.6) is 0 Å². The lowest BCUT2D eigenvalue weighted by molar-refractivity contribution is -0.160. The van der Waals surface area contributed by atoms with Crippen LogP contribution < -0.4 is 0 Å². The maximum absolute atomic E-state index is 11.5. The van der Waals surface area contributed by atoms with Crippen LogP contribution in [-0.4, -0.2) is 35.9 Å². The second-order valence-electron chi connectivity index (χ2n) is 4.67. The minimum Gasteiger partial charge on any atom is -0.455 e. The molecule has 5 unspecified atom stereocenters. The summed E-state index contributed by atoms with van der Waals surface area (Å²) in [5, 5.41) is 0. The third-order valence-electron chi connectivity index (χ3n) is 3.62. The molecular formula is C11H12O5. The minimum absolute atomic E-state index is 0.186. The molecule has 3 aliphatic heterocycles. The van der Waals surface area contributed by atoms with Gasteiger partial charge < -0.3 is 14.2 Å². The van der Waals surface area contributed by atoms with E-state index in [-0.39, 0.29) is 18.0 Å². The molecule has 5 heteroatoms. The third kappa shape index (κ3) is 1.04. The number of carbonyl (C=O) groups excluding carboxylic acids is 2. The number of hydrogen-bond donors (Lipinski definition) is 0. The lowest BCUT2D eigenvalue weighted by Crippen LogP contribution is -2.46. The molecule has 0 saturated carbocycles. The first kappa shape index (κ1) is 9.84. The van der Waals surface area contributed by atoms with Crippen molar-refractivity contribution in [1.82, 2.24) is 0 Å². The predicted molar refractivity (Wildman–Crippen MR) is 51.3 cm³/mol. The van der Waals surface area contributed by atoms with Gasteiger partial charge in [0.1, 0.15) is 11.7 Å². The average Bonchev–Trinajstić information content (AvgIpc) is 2.78. The molecule has 0 aromatic heterocycles. The molecule has 16 heavy (non-hydrogen) atoms. The molecule has 3 aliphatic rings. The largest absolute Gasteiger partial charge is 0.455 e. The van der Waals surface area contributed by atoms with Crippen LogP contribution in [0.2, 0.25) is 0 Å². The van der Waals surface area contributed by atoms with E-state index in [0.29, 0.717) is 6.42 Å². The smallest absolute Gasteiger partial charge is 0.330 e. The molecule has 5 atom stereocenters. The molecule has 3 fully saturated rings. The van der Waals surface area contributed by atoms with Gasteiger partial charge in [0.25, 0.3) is 0 Å². The molecule has 0 aromatic rings. The lowest BCUT2D eigenvalue weighted by Gasteiger charge is -2.29. The van der Waals surface area contributed by atoms with Gasteiger partial charge in [0.15, 0.2) is 12.2 Å². The van der Waals surface area contributed by atoms with Crippen molar-refractivity contribution < 1.29 is 23.8 Å². The van der Waals surface area contributed by atoms with Crippen molar-refractivity contribution in [2.24, 2.45) is 5.92 Å². The molecule has 0 spiro atoms. The maximum Gasteiger partial charge on any atom is 0.330 e. The molecule has 86 valence electrons. The summed E-state index contributed by atoms with van der Waals surface area (Å²) >= 11 is 0. The second-order valence-corrected chi connectivity index (χ2v) is 4.67. The van der Waals surface area contributed by atoms with Crippen molar-refractivity contribution in [3.63, 3.8) is 0 Å². The normalized spacial score (nSPS) is 47.9. The first-order valence-electron chi connectivity index (χ1n) is 5.26. The summed E-state index contributed by atoms with van der Waals surface area (Å²) in [4.78, 5) is 22.7. The number of ether oxygens (including phenoxy) is 3. The summed E-state index contributed by atoms with van der Waals surface area (Å²) in [6, 6.07) is 0. The monoisotopic (exact) mass is 224 g/mol. The van der Waals surface area contributed by atoms with Crippen LogP contribution in [0.3, 0.4) is 0 Å². The minimum atomic E-state index is -0.592. The SMILES string of the molecule is C=CC(=O)OC1C2OC(=O)C3CC1(C)OC32. The molecule has 0 amide bonds. The highest BCUT2D eigenvalue weighted by Gasteiger charge is 2.70. The average molecular weight is 224 g/mol. The van der Waals surface area contributed by atoms with Crippen molar-refractivity contribution in [3.8, 4) is 0 Å². The summed E-state index contributed by atoms with van der Waals surface area (Å²) < 4.78 is 16.1. The first-order valence-corrected chi connectivity index (χ1v) is 5.26. The number of rotatable bonds is 2. The van der Waals surface area contributed by atoms with Crippen LogP contribution in [-0.2, 0) is 23.8 Å². The molecule has 3 saturated heterocycles. The van der Waals surface area contributed by atoms with E-state index >= 15 is 0 Å². The molecule has 3 rings (SSSR count). The van der Waals surface area contributed by atoms with E-state index in [1.54, 1.807) is 0 Å². The van der Waals surface area contributed by atoms with Crippen LogP contribution in [0.15, 0.2) is 12.7 Å². The summed E-state index contributed by atoms with van der Waals surface area (Å²) in [6.07, 6.45) is 0.456. The molecule has 0 radical (unpaired) electrons. The predicted octanol–water partition coefficient (Wildman–Crippen LogP) is 0.187. The fourth-order valence-corrected chi connectivity index (χ4v) is 2.93. The zero-order valence-corrected chi connectivity index (χ0v) is 8.84. The van der Waals surface area contributed by atoms with E-state index in [2.05, 4.69) is 6.58 Å². The van der Waals surface area contributed by atoms with E-state index in [4.69, 9.17) is 14.2 Å². The number of hydrogen-bond acceptors (Lipinski definition) is 5. The van der Waals surface area contributed by atoms with E-state index in [9.17, 15) is 9.59 Å². The highest BCUT2D eigenvalue weighted by molar-refractivity contribution is 5.82. The van der Waals surface area contributed by atoms with Crippen molar-refractivity contribution in [2.45, 2.75) is 37.3 Å². The summed E-state index contributed by atoms with van der Waals surface area (Å²) in [5.41, 5.74) is -0.592. The molecule has 0 aromatic carbocycles. The van der Waals surface area contributed by atoms with Crippen LogP contribution in [0.4, 0.5) is 0 Å². The number of carbonyl (C=O) groups is 2. The van der Waals surface area contributed by atoms with E-state index in [1.807, 2.05) is 6.92 Å². The molecule has 3 heterocycles. The first-order chi connectivity index (χ1) is 7.55. The number of fused-ring (bicyclic) bond motifs is 1. The van der Waals surface area contributed by atoms with Gasteiger partial charge in [0.05, 0.1) is 5.92 Å². The van der Waals surface area contributed by atoms with Crippen LogP contribution >= 0.6 is 0 Å². The van der Waals surface area contributed by atoms with Gasteiger partial charge in [-0.05, 0) is 13.3 Å². The van der Waals surface area contributed by atoms with Gasteiger partial charge in [0.2, 0.25) is 0 Å². The Balaban J connectivity index is 1.88.